The fourth-order valence-corrected chi connectivity index (χ4v) is 9.63. The van der Waals surface area contributed by atoms with Gasteiger partial charge >= 0.3 is 6.09 Å². The number of anilines is 1. The SMILES string of the molecule is CCOC1CCC([C@@H](CC(=O)Nc2cccc(F)c2CC[C@H]2CN(C(=O)OC(C)(C)C)[C@@H]3CCCS(=O)(=O)N2C3)c2ccc(Cl)cc2)CC1. The van der Waals surface area contributed by atoms with E-state index in [2.05, 4.69) is 5.32 Å². The summed E-state index contributed by atoms with van der Waals surface area (Å²) in [6, 6.07) is 11.4. The van der Waals surface area contributed by atoms with Crippen LogP contribution in [0.25, 0.3) is 0 Å². The number of benzene rings is 2. The van der Waals surface area contributed by atoms with Crippen molar-refractivity contribution in [2.75, 3.05) is 30.8 Å². The van der Waals surface area contributed by atoms with Crippen molar-refractivity contribution in [3.8, 4) is 0 Å². The van der Waals surface area contributed by atoms with E-state index in [1.807, 2.05) is 31.2 Å². The molecule has 2 heterocycles. The highest BCUT2D eigenvalue weighted by Gasteiger charge is 2.44. The molecule has 2 bridgehead atoms. The van der Waals surface area contributed by atoms with Crippen LogP contribution in [-0.2, 0) is 30.7 Å². The Kier molecular flexibility index (Phi) is 12.3. The number of piperazine rings is 1. The zero-order valence-electron chi connectivity index (χ0n) is 29.1. The van der Waals surface area contributed by atoms with Gasteiger partial charge in [-0.15, -0.1) is 0 Å². The topological polar surface area (TPSA) is 105 Å². The number of halogens is 2. The number of ether oxygens (including phenoxy) is 2. The molecular formula is C37H51ClFN3O6S. The Bertz CT molecular complexity index is 1560. The number of hydrogen-bond donors (Lipinski definition) is 1. The number of hydrogen-bond acceptors (Lipinski definition) is 6. The average molecular weight is 720 g/mol. The maximum atomic E-state index is 15.5. The second kappa shape index (κ2) is 16.1. The lowest BCUT2D eigenvalue weighted by Gasteiger charge is -2.44. The molecule has 5 rings (SSSR count). The molecule has 9 nitrogen and oxygen atoms in total. The van der Waals surface area contributed by atoms with E-state index in [1.54, 1.807) is 37.8 Å². The third-order valence-corrected chi connectivity index (χ3v) is 12.3. The molecular weight excluding hydrogens is 669 g/mol. The molecule has 2 aliphatic heterocycles. The maximum Gasteiger partial charge on any atom is 0.410 e. The first-order chi connectivity index (χ1) is 23.2. The Labute approximate surface area is 295 Å². The van der Waals surface area contributed by atoms with Crippen LogP contribution in [0.15, 0.2) is 42.5 Å². The minimum Gasteiger partial charge on any atom is -0.444 e. The van der Waals surface area contributed by atoms with Crippen molar-refractivity contribution in [1.29, 1.82) is 0 Å². The Morgan fingerprint density at radius 2 is 1.76 bits per heavy atom. The van der Waals surface area contributed by atoms with Crippen molar-refractivity contribution in [1.82, 2.24) is 9.21 Å². The van der Waals surface area contributed by atoms with Crippen LogP contribution in [-0.4, -0.2) is 78.9 Å². The van der Waals surface area contributed by atoms with E-state index < -0.39 is 33.6 Å². The standard InChI is InChI=1S/C37H51ClFN3O6S/c1-5-47-30-18-13-26(14-19-30)32(25-11-15-27(38)16-12-25)22-35(43)40-34-10-6-9-33(39)31(34)20-17-29-23-41(36(44)48-37(2,3)4)28-8-7-21-49(45,46)42(29)24-28/h6,9-12,15-16,26,28-30,32H,5,7-8,13-14,17-24H2,1-4H3,(H,40,43)/t26?,28-,29+,30?,32+/m1/s1. The molecule has 1 unspecified atom stereocenters. The molecule has 2 amide bonds. The van der Waals surface area contributed by atoms with E-state index in [0.717, 1.165) is 31.2 Å². The van der Waals surface area contributed by atoms with Gasteiger partial charge in [-0.2, -0.15) is 4.31 Å². The van der Waals surface area contributed by atoms with E-state index in [4.69, 9.17) is 21.1 Å². The zero-order valence-corrected chi connectivity index (χ0v) is 30.7. The van der Waals surface area contributed by atoms with Crippen LogP contribution in [0.1, 0.15) is 96.1 Å². The summed E-state index contributed by atoms with van der Waals surface area (Å²) in [5.41, 5.74) is 1.03. The van der Waals surface area contributed by atoms with Crippen molar-refractivity contribution in [2.24, 2.45) is 5.92 Å². The van der Waals surface area contributed by atoms with E-state index in [-0.39, 0.29) is 68.0 Å². The molecule has 2 saturated heterocycles. The molecule has 2 aromatic carbocycles. The summed E-state index contributed by atoms with van der Waals surface area (Å²) in [5.74, 6) is -0.443. The molecule has 3 fully saturated rings. The molecule has 12 heteroatoms. The molecule has 2 aromatic rings. The van der Waals surface area contributed by atoms with Crippen LogP contribution >= 0.6 is 11.6 Å². The van der Waals surface area contributed by atoms with Gasteiger partial charge in [0.2, 0.25) is 15.9 Å². The van der Waals surface area contributed by atoms with Gasteiger partial charge < -0.3 is 19.7 Å². The lowest BCUT2D eigenvalue weighted by molar-refractivity contribution is -0.117. The van der Waals surface area contributed by atoms with Gasteiger partial charge in [-0.25, -0.2) is 17.6 Å². The molecule has 3 aliphatic rings. The van der Waals surface area contributed by atoms with E-state index >= 15 is 4.39 Å². The van der Waals surface area contributed by atoms with Gasteiger partial charge in [0.1, 0.15) is 11.4 Å². The van der Waals surface area contributed by atoms with Gasteiger partial charge in [-0.1, -0.05) is 29.8 Å². The molecule has 1 aliphatic carbocycles. The minimum absolute atomic E-state index is 0.00519. The van der Waals surface area contributed by atoms with Gasteiger partial charge in [-0.05, 0) is 121 Å². The summed E-state index contributed by atoms with van der Waals surface area (Å²) in [4.78, 5) is 28.6. The van der Waals surface area contributed by atoms with Crippen molar-refractivity contribution in [3.05, 3.63) is 64.4 Å². The number of nitrogens with zero attached hydrogens (tertiary/aromatic N) is 2. The first kappa shape index (κ1) is 37.5. The van der Waals surface area contributed by atoms with E-state index in [1.165, 1.54) is 10.4 Å². The van der Waals surface area contributed by atoms with Gasteiger partial charge in [0.15, 0.2) is 0 Å². The van der Waals surface area contributed by atoms with Crippen LogP contribution in [0.4, 0.5) is 14.9 Å². The van der Waals surface area contributed by atoms with Crippen LogP contribution in [0.2, 0.25) is 5.02 Å². The normalized spacial score (nSPS) is 26.0. The number of carbonyl (C=O) groups is 2. The third-order valence-electron chi connectivity index (χ3n) is 10.1. The van der Waals surface area contributed by atoms with Gasteiger partial charge in [0.05, 0.1) is 11.9 Å². The van der Waals surface area contributed by atoms with Crippen LogP contribution in [0.5, 0.6) is 0 Å². The highest BCUT2D eigenvalue weighted by Crippen LogP contribution is 2.40. The van der Waals surface area contributed by atoms with Gasteiger partial charge in [0.25, 0.3) is 0 Å². The van der Waals surface area contributed by atoms with Gasteiger partial charge in [0, 0.05) is 54.5 Å². The zero-order chi connectivity index (χ0) is 35.3. The lowest BCUT2D eigenvalue weighted by Crippen LogP contribution is -2.60. The lowest BCUT2D eigenvalue weighted by atomic mass is 9.74. The number of fused-ring (bicyclic) bond motifs is 2. The van der Waals surface area contributed by atoms with Crippen LogP contribution in [0, 0.1) is 11.7 Å². The smallest absolute Gasteiger partial charge is 0.410 e. The predicted molar refractivity (Wildman–Crippen MR) is 190 cm³/mol. The molecule has 0 radical (unpaired) electrons. The molecule has 49 heavy (non-hydrogen) atoms. The van der Waals surface area contributed by atoms with Crippen LogP contribution in [0.3, 0.4) is 0 Å². The Hall–Kier alpha value is -2.73. The Morgan fingerprint density at radius 3 is 2.43 bits per heavy atom. The summed E-state index contributed by atoms with van der Waals surface area (Å²) >= 11 is 6.19. The van der Waals surface area contributed by atoms with Crippen molar-refractivity contribution >= 4 is 39.3 Å². The summed E-state index contributed by atoms with van der Waals surface area (Å²) < 4.78 is 55.1. The number of nitrogens with one attached hydrogen (secondary N) is 1. The summed E-state index contributed by atoms with van der Waals surface area (Å²) in [7, 11) is -3.55. The van der Waals surface area contributed by atoms with E-state index in [9.17, 15) is 18.0 Å². The third kappa shape index (κ3) is 9.74. The average Bonchev–Trinajstić information content (AvgIpc) is 3.16. The molecule has 270 valence electrons. The first-order valence-electron chi connectivity index (χ1n) is 17.7. The second-order valence-corrected chi connectivity index (χ2v) is 17.2. The predicted octanol–water partition coefficient (Wildman–Crippen LogP) is 7.53. The quantitative estimate of drug-likeness (QED) is 0.272. The van der Waals surface area contributed by atoms with Crippen molar-refractivity contribution in [2.45, 2.75) is 115 Å². The fourth-order valence-electron chi connectivity index (χ4n) is 7.71. The fraction of sp³-hybridized carbons (Fsp3) is 0.622. The van der Waals surface area contributed by atoms with Crippen LogP contribution < -0.4 is 5.32 Å². The van der Waals surface area contributed by atoms with Crippen molar-refractivity contribution < 1.29 is 31.9 Å². The number of sulfonamides is 1. The largest absolute Gasteiger partial charge is 0.444 e. The second-order valence-electron chi connectivity index (χ2n) is 14.7. The van der Waals surface area contributed by atoms with E-state index in [0.29, 0.717) is 35.7 Å². The molecule has 0 aromatic heterocycles. The summed E-state index contributed by atoms with van der Waals surface area (Å²) in [6.45, 7) is 8.44. The first-order valence-corrected chi connectivity index (χ1v) is 19.7. The summed E-state index contributed by atoms with van der Waals surface area (Å²) in [5, 5.41) is 3.63. The highest BCUT2D eigenvalue weighted by molar-refractivity contribution is 7.89. The molecule has 1 saturated carbocycles. The summed E-state index contributed by atoms with van der Waals surface area (Å²) in [6.07, 6.45) is 5.23. The Balaban J connectivity index is 1.32. The number of amides is 2. The van der Waals surface area contributed by atoms with Crippen molar-refractivity contribution in [3.63, 3.8) is 0 Å². The van der Waals surface area contributed by atoms with Gasteiger partial charge in [-0.3, -0.25) is 4.79 Å². The minimum atomic E-state index is -3.55. The highest BCUT2D eigenvalue weighted by atomic mass is 35.5. The number of rotatable bonds is 10. The molecule has 0 spiro atoms. The Morgan fingerprint density at radius 1 is 1.04 bits per heavy atom. The molecule has 1 N–H and O–H groups in total. The maximum absolute atomic E-state index is 15.5. The monoisotopic (exact) mass is 719 g/mol. The molecule has 4 atom stereocenters. The number of carbonyl (C=O) groups excluding carboxylic acids is 2.